The topological polar surface area (TPSA) is 21.3 Å². The first-order chi connectivity index (χ1) is 12.1. The fourth-order valence-electron chi connectivity index (χ4n) is 3.02. The van der Waals surface area contributed by atoms with Gasteiger partial charge in [0.05, 0.1) is 6.61 Å². The molecule has 2 heteroatoms. The van der Waals surface area contributed by atoms with Crippen LogP contribution >= 0.6 is 0 Å². The first kappa shape index (κ1) is 17.5. The molecule has 0 aliphatic heterocycles. The van der Waals surface area contributed by atoms with Crippen molar-refractivity contribution in [3.05, 3.63) is 77.4 Å². The van der Waals surface area contributed by atoms with Crippen LogP contribution < -0.4 is 10.1 Å². The molecule has 0 saturated heterocycles. The van der Waals surface area contributed by atoms with Crippen LogP contribution in [-0.4, -0.2) is 6.61 Å². The summed E-state index contributed by atoms with van der Waals surface area (Å²) < 4.78 is 6.09. The van der Waals surface area contributed by atoms with Gasteiger partial charge in [-0.3, -0.25) is 0 Å². The molecule has 3 aromatic rings. The fraction of sp³-hybridized carbons (Fsp3) is 0.304. The maximum atomic E-state index is 6.09. The Hall–Kier alpha value is -2.32. The van der Waals surface area contributed by atoms with E-state index in [-0.39, 0.29) is 0 Å². The Morgan fingerprint density at radius 2 is 1.64 bits per heavy atom. The Morgan fingerprint density at radius 1 is 0.880 bits per heavy atom. The number of aryl methyl sites for hydroxylation is 1. The molecular formula is C23H27NO. The monoisotopic (exact) mass is 333 g/mol. The Balaban J connectivity index is 1.82. The van der Waals surface area contributed by atoms with Crippen molar-refractivity contribution in [2.45, 2.75) is 33.9 Å². The number of fused-ring (bicyclic) bond motifs is 1. The largest absolute Gasteiger partial charge is 0.493 e. The van der Waals surface area contributed by atoms with Gasteiger partial charge in [-0.15, -0.1) is 0 Å². The van der Waals surface area contributed by atoms with E-state index < -0.39 is 0 Å². The number of benzene rings is 3. The van der Waals surface area contributed by atoms with E-state index in [1.165, 1.54) is 27.5 Å². The average Bonchev–Trinajstić information content (AvgIpc) is 2.62. The molecule has 0 saturated carbocycles. The maximum absolute atomic E-state index is 6.09. The molecule has 3 rings (SSSR count). The zero-order chi connectivity index (χ0) is 17.6. The number of hydrogen-bond acceptors (Lipinski definition) is 2. The van der Waals surface area contributed by atoms with E-state index in [4.69, 9.17) is 4.74 Å². The van der Waals surface area contributed by atoms with Gasteiger partial charge in [0.1, 0.15) is 5.75 Å². The van der Waals surface area contributed by atoms with Gasteiger partial charge in [-0.1, -0.05) is 68.4 Å². The van der Waals surface area contributed by atoms with Crippen molar-refractivity contribution in [2.24, 2.45) is 5.92 Å². The first-order valence-electron chi connectivity index (χ1n) is 9.04. The van der Waals surface area contributed by atoms with Crippen LogP contribution in [0.15, 0.2) is 60.7 Å². The summed E-state index contributed by atoms with van der Waals surface area (Å²) >= 11 is 0. The van der Waals surface area contributed by atoms with Crippen LogP contribution in [0.25, 0.3) is 10.8 Å². The van der Waals surface area contributed by atoms with Crippen LogP contribution in [0.1, 0.15) is 30.5 Å². The third-order valence-electron chi connectivity index (χ3n) is 4.45. The van der Waals surface area contributed by atoms with Crippen molar-refractivity contribution in [2.75, 3.05) is 6.61 Å². The van der Waals surface area contributed by atoms with E-state index >= 15 is 0 Å². The second kappa shape index (κ2) is 8.17. The van der Waals surface area contributed by atoms with Crippen LogP contribution in [0, 0.1) is 12.8 Å². The standard InChI is InChI=1S/C23H27NO/c1-17(2)16-25-23-13-12-19-9-6-7-11-21(19)22(23)15-24-14-20-10-5-4-8-18(20)3/h4-13,17,24H,14-16H2,1-3H3. The molecule has 0 atom stereocenters. The molecule has 0 aliphatic carbocycles. The molecule has 0 bridgehead atoms. The van der Waals surface area contributed by atoms with Gasteiger partial charge in [0, 0.05) is 18.7 Å². The van der Waals surface area contributed by atoms with Crippen molar-refractivity contribution < 1.29 is 4.74 Å². The molecule has 0 amide bonds. The summed E-state index contributed by atoms with van der Waals surface area (Å²) in [6.45, 7) is 8.91. The lowest BCUT2D eigenvalue weighted by molar-refractivity contribution is 0.268. The zero-order valence-corrected chi connectivity index (χ0v) is 15.4. The normalized spacial score (nSPS) is 11.2. The molecule has 0 heterocycles. The number of nitrogens with one attached hydrogen (secondary N) is 1. The number of ether oxygens (including phenoxy) is 1. The molecule has 3 aromatic carbocycles. The minimum Gasteiger partial charge on any atom is -0.493 e. The summed E-state index contributed by atoms with van der Waals surface area (Å²) in [5.74, 6) is 1.50. The highest BCUT2D eigenvalue weighted by Crippen LogP contribution is 2.28. The van der Waals surface area contributed by atoms with Crippen molar-refractivity contribution in [1.29, 1.82) is 0 Å². The lowest BCUT2D eigenvalue weighted by Gasteiger charge is -2.16. The highest BCUT2D eigenvalue weighted by Gasteiger charge is 2.10. The third-order valence-corrected chi connectivity index (χ3v) is 4.45. The quantitative estimate of drug-likeness (QED) is 0.619. The van der Waals surface area contributed by atoms with Crippen LogP contribution in [0.3, 0.4) is 0 Å². The molecular weight excluding hydrogens is 306 g/mol. The lowest BCUT2D eigenvalue weighted by atomic mass is 10.0. The van der Waals surface area contributed by atoms with Crippen molar-refractivity contribution >= 4 is 10.8 Å². The Bertz CT molecular complexity index is 838. The van der Waals surface area contributed by atoms with E-state index in [0.29, 0.717) is 5.92 Å². The summed E-state index contributed by atoms with van der Waals surface area (Å²) in [5.41, 5.74) is 3.91. The van der Waals surface area contributed by atoms with E-state index in [1.54, 1.807) is 0 Å². The molecule has 0 fully saturated rings. The molecule has 25 heavy (non-hydrogen) atoms. The molecule has 0 aliphatic rings. The van der Waals surface area contributed by atoms with Crippen LogP contribution in [-0.2, 0) is 13.1 Å². The predicted octanol–water partition coefficient (Wildman–Crippen LogP) is 5.47. The summed E-state index contributed by atoms with van der Waals surface area (Å²) in [4.78, 5) is 0. The average molecular weight is 333 g/mol. The highest BCUT2D eigenvalue weighted by molar-refractivity contribution is 5.87. The minimum absolute atomic E-state index is 0.513. The first-order valence-corrected chi connectivity index (χ1v) is 9.04. The van der Waals surface area contributed by atoms with Crippen LogP contribution in [0.2, 0.25) is 0 Å². The van der Waals surface area contributed by atoms with Crippen LogP contribution in [0.5, 0.6) is 5.75 Å². The van der Waals surface area contributed by atoms with Crippen molar-refractivity contribution in [3.8, 4) is 5.75 Å². The predicted molar refractivity (Wildman–Crippen MR) is 106 cm³/mol. The van der Waals surface area contributed by atoms with Gasteiger partial charge in [0.2, 0.25) is 0 Å². The Labute approximate surface area is 150 Å². The van der Waals surface area contributed by atoms with E-state index in [2.05, 4.69) is 86.8 Å². The van der Waals surface area contributed by atoms with Gasteiger partial charge >= 0.3 is 0 Å². The number of hydrogen-bond donors (Lipinski definition) is 1. The zero-order valence-electron chi connectivity index (χ0n) is 15.4. The SMILES string of the molecule is Cc1ccccc1CNCc1c(OCC(C)C)ccc2ccccc12. The summed E-state index contributed by atoms with van der Waals surface area (Å²) in [6, 6.07) is 21.3. The van der Waals surface area contributed by atoms with Gasteiger partial charge in [0.25, 0.3) is 0 Å². The second-order valence-electron chi connectivity index (χ2n) is 7.00. The number of rotatable bonds is 7. The van der Waals surface area contributed by atoms with Crippen molar-refractivity contribution in [1.82, 2.24) is 5.32 Å². The van der Waals surface area contributed by atoms with Gasteiger partial charge in [0.15, 0.2) is 0 Å². The van der Waals surface area contributed by atoms with Gasteiger partial charge < -0.3 is 10.1 Å². The third kappa shape index (κ3) is 4.40. The lowest BCUT2D eigenvalue weighted by Crippen LogP contribution is -2.15. The summed E-state index contributed by atoms with van der Waals surface area (Å²) in [5, 5.41) is 6.12. The minimum atomic E-state index is 0.513. The van der Waals surface area contributed by atoms with Gasteiger partial charge in [-0.25, -0.2) is 0 Å². The fourth-order valence-corrected chi connectivity index (χ4v) is 3.02. The van der Waals surface area contributed by atoms with Gasteiger partial charge in [-0.05, 0) is 40.8 Å². The second-order valence-corrected chi connectivity index (χ2v) is 7.00. The summed E-state index contributed by atoms with van der Waals surface area (Å²) in [7, 11) is 0. The van der Waals surface area contributed by atoms with Gasteiger partial charge in [-0.2, -0.15) is 0 Å². The summed E-state index contributed by atoms with van der Waals surface area (Å²) in [6.07, 6.45) is 0. The molecule has 0 aromatic heterocycles. The van der Waals surface area contributed by atoms with Crippen LogP contribution in [0.4, 0.5) is 0 Å². The molecule has 0 unspecified atom stereocenters. The molecule has 0 spiro atoms. The maximum Gasteiger partial charge on any atom is 0.124 e. The molecule has 2 nitrogen and oxygen atoms in total. The van der Waals surface area contributed by atoms with Crippen molar-refractivity contribution in [3.63, 3.8) is 0 Å². The Kier molecular flexibility index (Phi) is 5.72. The Morgan fingerprint density at radius 3 is 2.44 bits per heavy atom. The molecule has 0 radical (unpaired) electrons. The highest BCUT2D eigenvalue weighted by atomic mass is 16.5. The molecule has 130 valence electrons. The smallest absolute Gasteiger partial charge is 0.124 e. The van der Waals surface area contributed by atoms with E-state index in [9.17, 15) is 0 Å². The molecule has 1 N–H and O–H groups in total. The van der Waals surface area contributed by atoms with E-state index in [0.717, 1.165) is 25.4 Å². The van der Waals surface area contributed by atoms with E-state index in [1.807, 2.05) is 0 Å².